The molecule has 11 aromatic rings. The summed E-state index contributed by atoms with van der Waals surface area (Å²) in [6.45, 7) is 0. The van der Waals surface area contributed by atoms with Crippen molar-refractivity contribution in [1.82, 2.24) is 4.98 Å². The lowest BCUT2D eigenvalue weighted by Gasteiger charge is -2.26. The van der Waals surface area contributed by atoms with Gasteiger partial charge in [-0.1, -0.05) is 103 Å². The molecule has 3 aromatic heterocycles. The van der Waals surface area contributed by atoms with Crippen LogP contribution in [0, 0.1) is 0 Å². The summed E-state index contributed by atoms with van der Waals surface area (Å²) in [5.74, 6) is 0. The van der Waals surface area contributed by atoms with Crippen molar-refractivity contribution < 1.29 is 8.83 Å². The number of hydrogen-bond acceptors (Lipinski definition) is 5. The van der Waals surface area contributed by atoms with Crippen molar-refractivity contribution in [2.75, 3.05) is 4.90 Å². The third-order valence-electron chi connectivity index (χ3n) is 10.1. The van der Waals surface area contributed by atoms with Crippen LogP contribution in [0.25, 0.3) is 86.6 Å². The molecule has 244 valence electrons. The number of thiazole rings is 1. The largest absolute Gasteiger partial charge is 0.456 e. The highest BCUT2D eigenvalue weighted by Gasteiger charge is 2.20. The van der Waals surface area contributed by atoms with Gasteiger partial charge in [-0.05, 0) is 82.6 Å². The van der Waals surface area contributed by atoms with E-state index in [1.54, 1.807) is 11.3 Å². The zero-order valence-corrected chi connectivity index (χ0v) is 28.6. The molecule has 0 fully saturated rings. The molecule has 0 N–H and O–H groups in total. The van der Waals surface area contributed by atoms with Gasteiger partial charge in [-0.3, -0.25) is 0 Å². The Labute approximate surface area is 302 Å². The SMILES string of the molecule is c1ccc(-c2nc3ccc4oc5ccc(N(c6ccc(-c7cccc8ccccc78)cc6)c6ccc7c(c6)oc6ccccc67)cc5c4c3s2)cc1. The Kier molecular flexibility index (Phi) is 6.39. The van der Waals surface area contributed by atoms with Gasteiger partial charge in [-0.25, -0.2) is 4.98 Å². The van der Waals surface area contributed by atoms with Crippen LogP contribution in [0.3, 0.4) is 0 Å². The lowest BCUT2D eigenvalue weighted by atomic mass is 9.98. The molecule has 0 bridgehead atoms. The Morgan fingerprint density at radius 2 is 1.12 bits per heavy atom. The minimum absolute atomic E-state index is 0.847. The third kappa shape index (κ3) is 4.57. The first-order valence-corrected chi connectivity index (χ1v) is 18.2. The molecular formula is C47H28N2O2S. The van der Waals surface area contributed by atoms with Crippen LogP contribution in [0.4, 0.5) is 17.1 Å². The zero-order chi connectivity index (χ0) is 34.2. The number of anilines is 3. The first-order valence-electron chi connectivity index (χ1n) is 17.4. The van der Waals surface area contributed by atoms with E-state index in [0.29, 0.717) is 0 Å². The lowest BCUT2D eigenvalue weighted by molar-refractivity contribution is 0.668. The van der Waals surface area contributed by atoms with Crippen LogP contribution < -0.4 is 4.90 Å². The molecule has 0 radical (unpaired) electrons. The van der Waals surface area contributed by atoms with Gasteiger partial charge in [-0.15, -0.1) is 11.3 Å². The highest BCUT2D eigenvalue weighted by atomic mass is 32.1. The van der Waals surface area contributed by atoms with E-state index in [1.165, 1.54) is 21.9 Å². The van der Waals surface area contributed by atoms with Gasteiger partial charge in [0.2, 0.25) is 0 Å². The van der Waals surface area contributed by atoms with E-state index in [2.05, 4.69) is 150 Å². The Hall–Kier alpha value is -6.69. The van der Waals surface area contributed by atoms with Crippen molar-refractivity contribution in [1.29, 1.82) is 0 Å². The monoisotopic (exact) mass is 684 g/mol. The van der Waals surface area contributed by atoms with Crippen molar-refractivity contribution in [2.45, 2.75) is 0 Å². The summed E-state index contributed by atoms with van der Waals surface area (Å²) in [7, 11) is 0. The highest BCUT2D eigenvalue weighted by molar-refractivity contribution is 7.22. The van der Waals surface area contributed by atoms with E-state index >= 15 is 0 Å². The number of nitrogens with zero attached hydrogens (tertiary/aromatic N) is 2. The van der Waals surface area contributed by atoms with Crippen LogP contribution >= 0.6 is 11.3 Å². The van der Waals surface area contributed by atoms with Crippen molar-refractivity contribution >= 4 is 93.3 Å². The fourth-order valence-corrected chi connectivity index (χ4v) is 8.77. The van der Waals surface area contributed by atoms with Gasteiger partial charge in [0.15, 0.2) is 0 Å². The summed E-state index contributed by atoms with van der Waals surface area (Å²) >= 11 is 1.71. The molecule has 3 heterocycles. The fraction of sp³-hybridized carbons (Fsp3) is 0. The molecule has 0 aliphatic heterocycles. The van der Waals surface area contributed by atoms with Crippen LogP contribution in [0.2, 0.25) is 0 Å². The predicted octanol–water partition coefficient (Wildman–Crippen LogP) is 14.1. The zero-order valence-electron chi connectivity index (χ0n) is 27.8. The van der Waals surface area contributed by atoms with E-state index in [0.717, 1.165) is 81.7 Å². The first-order chi connectivity index (χ1) is 25.7. The Morgan fingerprint density at radius 1 is 0.442 bits per heavy atom. The second-order valence-corrected chi connectivity index (χ2v) is 14.1. The average molecular weight is 685 g/mol. The van der Waals surface area contributed by atoms with Gasteiger partial charge in [0.05, 0.1) is 10.2 Å². The van der Waals surface area contributed by atoms with E-state index in [4.69, 9.17) is 13.8 Å². The van der Waals surface area contributed by atoms with Crippen molar-refractivity contribution in [3.05, 3.63) is 170 Å². The minimum Gasteiger partial charge on any atom is -0.456 e. The van der Waals surface area contributed by atoms with Crippen molar-refractivity contribution in [3.8, 4) is 21.7 Å². The van der Waals surface area contributed by atoms with Gasteiger partial charge in [-0.2, -0.15) is 0 Å². The van der Waals surface area contributed by atoms with Gasteiger partial charge < -0.3 is 13.7 Å². The van der Waals surface area contributed by atoms with E-state index in [1.807, 2.05) is 24.3 Å². The van der Waals surface area contributed by atoms with E-state index in [9.17, 15) is 0 Å². The molecule has 0 unspecified atom stereocenters. The third-order valence-corrected chi connectivity index (χ3v) is 11.2. The van der Waals surface area contributed by atoms with Crippen LogP contribution in [0.15, 0.2) is 179 Å². The summed E-state index contributed by atoms with van der Waals surface area (Å²) in [6, 6.07) is 59.6. The molecule has 0 saturated heterocycles. The Balaban J connectivity index is 1.10. The fourth-order valence-electron chi connectivity index (χ4n) is 7.65. The maximum atomic E-state index is 6.46. The van der Waals surface area contributed by atoms with E-state index in [-0.39, 0.29) is 0 Å². The number of aromatic nitrogens is 1. The van der Waals surface area contributed by atoms with Crippen LogP contribution in [0.1, 0.15) is 0 Å². The first kappa shape index (κ1) is 29.1. The molecular weight excluding hydrogens is 657 g/mol. The molecule has 0 aliphatic rings. The predicted molar refractivity (Wildman–Crippen MR) is 217 cm³/mol. The maximum Gasteiger partial charge on any atom is 0.137 e. The molecule has 5 heteroatoms. The second kappa shape index (κ2) is 11.4. The summed E-state index contributed by atoms with van der Waals surface area (Å²) in [5.41, 5.74) is 11.0. The number of rotatable bonds is 5. The molecule has 0 saturated carbocycles. The molecule has 52 heavy (non-hydrogen) atoms. The molecule has 11 rings (SSSR count). The molecule has 0 amide bonds. The summed E-state index contributed by atoms with van der Waals surface area (Å²) < 4.78 is 14.0. The minimum atomic E-state index is 0.847. The van der Waals surface area contributed by atoms with Gasteiger partial charge in [0, 0.05) is 50.2 Å². The Morgan fingerprint density at radius 3 is 2.02 bits per heavy atom. The smallest absolute Gasteiger partial charge is 0.137 e. The topological polar surface area (TPSA) is 42.4 Å². The van der Waals surface area contributed by atoms with Gasteiger partial charge in [0.25, 0.3) is 0 Å². The van der Waals surface area contributed by atoms with Crippen LogP contribution in [0.5, 0.6) is 0 Å². The number of furan rings is 2. The average Bonchev–Trinajstić information content (AvgIpc) is 3.91. The van der Waals surface area contributed by atoms with Gasteiger partial charge >= 0.3 is 0 Å². The number of para-hydroxylation sites is 1. The van der Waals surface area contributed by atoms with Crippen molar-refractivity contribution in [3.63, 3.8) is 0 Å². The lowest BCUT2D eigenvalue weighted by Crippen LogP contribution is -2.09. The standard InChI is InChI=1S/C47H28N2O2S/c1-2-10-31(11-3-1)47-48-40-24-26-43-45(46(40)52-47)39-27-33(22-25-42(39)50-43)49(34-21-23-38-37-14-6-7-16-41(37)51-44(38)28-34)32-19-17-30(18-20-32)36-15-8-12-29-9-4-5-13-35(29)36/h1-28H. The molecule has 0 atom stereocenters. The molecule has 0 aliphatic carbocycles. The maximum absolute atomic E-state index is 6.46. The van der Waals surface area contributed by atoms with Crippen LogP contribution in [-0.4, -0.2) is 4.98 Å². The quantitative estimate of drug-likeness (QED) is 0.181. The van der Waals surface area contributed by atoms with Gasteiger partial charge in [0.1, 0.15) is 27.3 Å². The Bertz CT molecular complexity index is 3130. The molecule has 8 aromatic carbocycles. The summed E-state index contributed by atoms with van der Waals surface area (Å²) in [5, 5.41) is 7.84. The molecule has 4 nitrogen and oxygen atoms in total. The summed E-state index contributed by atoms with van der Waals surface area (Å²) in [4.78, 5) is 7.33. The number of fused-ring (bicyclic) bond motifs is 9. The number of benzene rings is 8. The van der Waals surface area contributed by atoms with Crippen molar-refractivity contribution in [2.24, 2.45) is 0 Å². The highest BCUT2D eigenvalue weighted by Crippen LogP contribution is 2.44. The molecule has 0 spiro atoms. The second-order valence-electron chi connectivity index (χ2n) is 13.1. The normalized spacial score (nSPS) is 11.8. The van der Waals surface area contributed by atoms with E-state index < -0.39 is 0 Å². The summed E-state index contributed by atoms with van der Waals surface area (Å²) in [6.07, 6.45) is 0. The van der Waals surface area contributed by atoms with Crippen LogP contribution in [-0.2, 0) is 0 Å². The number of hydrogen-bond donors (Lipinski definition) is 0.